The van der Waals surface area contributed by atoms with Gasteiger partial charge in [0.05, 0.1) is 4.90 Å². The molecule has 4 heteroatoms. The summed E-state index contributed by atoms with van der Waals surface area (Å²) in [6, 6.07) is 25.0. The molecule has 3 aromatic carbocycles. The molecule has 1 N–H and O–H groups in total. The standard InChI is InChI=1S/C22H16N2OS/c1-2-8-18-15(5-1)6-3-7-16(18)14-24-17-10-11-21-20(13-17)25-19-9-4-12-23-22(19)26-21/h1-13,24H,14H2. The molecule has 0 fully saturated rings. The summed E-state index contributed by atoms with van der Waals surface area (Å²) in [4.78, 5) is 5.46. The summed E-state index contributed by atoms with van der Waals surface area (Å²) in [7, 11) is 0. The Bertz CT molecular complexity index is 1100. The Labute approximate surface area is 156 Å². The van der Waals surface area contributed by atoms with Gasteiger partial charge in [-0.1, -0.05) is 54.2 Å². The maximum absolute atomic E-state index is 6.02. The highest BCUT2D eigenvalue weighted by Crippen LogP contribution is 2.46. The molecule has 0 atom stereocenters. The van der Waals surface area contributed by atoms with Gasteiger partial charge in [-0.2, -0.15) is 0 Å². The van der Waals surface area contributed by atoms with Gasteiger partial charge in [-0.05, 0) is 40.6 Å². The van der Waals surface area contributed by atoms with E-state index >= 15 is 0 Å². The molecule has 0 saturated heterocycles. The third-order valence-corrected chi connectivity index (χ3v) is 5.53. The SMILES string of the molecule is c1cnc2c(c1)Oc1cc(NCc3cccc4ccccc34)ccc1S2. The summed E-state index contributed by atoms with van der Waals surface area (Å²) >= 11 is 1.64. The molecule has 1 aromatic heterocycles. The molecule has 5 rings (SSSR count). The number of rotatable bonds is 3. The largest absolute Gasteiger partial charge is 0.453 e. The summed E-state index contributed by atoms with van der Waals surface area (Å²) < 4.78 is 6.02. The van der Waals surface area contributed by atoms with E-state index < -0.39 is 0 Å². The lowest BCUT2D eigenvalue weighted by Crippen LogP contribution is -2.02. The van der Waals surface area contributed by atoms with Gasteiger partial charge in [0.2, 0.25) is 0 Å². The van der Waals surface area contributed by atoms with Gasteiger partial charge >= 0.3 is 0 Å². The summed E-state index contributed by atoms with van der Waals surface area (Å²) in [5, 5.41) is 6.99. The van der Waals surface area contributed by atoms with Gasteiger partial charge in [0.1, 0.15) is 10.8 Å². The zero-order chi connectivity index (χ0) is 17.3. The number of fused-ring (bicyclic) bond motifs is 3. The van der Waals surface area contributed by atoms with Crippen LogP contribution < -0.4 is 10.1 Å². The van der Waals surface area contributed by atoms with Crippen molar-refractivity contribution in [3.05, 3.63) is 84.6 Å². The zero-order valence-electron chi connectivity index (χ0n) is 14.0. The second-order valence-corrected chi connectivity index (χ2v) is 7.19. The number of hydrogen-bond donors (Lipinski definition) is 1. The van der Waals surface area contributed by atoms with Crippen LogP contribution in [0.25, 0.3) is 10.8 Å². The Morgan fingerprint density at radius 1 is 0.885 bits per heavy atom. The van der Waals surface area contributed by atoms with Crippen LogP contribution in [0.5, 0.6) is 11.5 Å². The Morgan fingerprint density at radius 3 is 2.81 bits per heavy atom. The molecule has 0 spiro atoms. The fraction of sp³-hybridized carbons (Fsp3) is 0.0455. The fourth-order valence-corrected chi connectivity index (χ4v) is 4.05. The molecule has 0 bridgehead atoms. The lowest BCUT2D eigenvalue weighted by Gasteiger charge is -2.19. The van der Waals surface area contributed by atoms with E-state index in [1.165, 1.54) is 16.3 Å². The van der Waals surface area contributed by atoms with Crippen molar-refractivity contribution in [2.75, 3.05) is 5.32 Å². The molecule has 4 aromatic rings. The number of pyridine rings is 1. The third-order valence-electron chi connectivity index (χ3n) is 4.47. The number of nitrogens with zero attached hydrogens (tertiary/aromatic N) is 1. The lowest BCUT2D eigenvalue weighted by molar-refractivity contribution is 0.449. The molecular weight excluding hydrogens is 340 g/mol. The number of nitrogens with one attached hydrogen (secondary N) is 1. The zero-order valence-corrected chi connectivity index (χ0v) is 14.8. The highest BCUT2D eigenvalue weighted by atomic mass is 32.2. The van der Waals surface area contributed by atoms with E-state index in [2.05, 4.69) is 71.0 Å². The summed E-state index contributed by atoms with van der Waals surface area (Å²) in [5.41, 5.74) is 2.33. The molecule has 2 heterocycles. The molecule has 0 saturated carbocycles. The van der Waals surface area contributed by atoms with Gasteiger partial charge < -0.3 is 10.1 Å². The Morgan fingerprint density at radius 2 is 1.81 bits per heavy atom. The molecule has 0 amide bonds. The highest BCUT2D eigenvalue weighted by molar-refractivity contribution is 7.99. The van der Waals surface area contributed by atoms with Crippen LogP contribution in [-0.4, -0.2) is 4.98 Å². The second-order valence-electron chi connectivity index (χ2n) is 6.16. The summed E-state index contributed by atoms with van der Waals surface area (Å²) in [5.74, 6) is 1.69. The molecule has 26 heavy (non-hydrogen) atoms. The first-order chi connectivity index (χ1) is 12.9. The van der Waals surface area contributed by atoms with Crippen molar-refractivity contribution in [1.29, 1.82) is 0 Å². The fourth-order valence-electron chi connectivity index (χ4n) is 3.18. The van der Waals surface area contributed by atoms with E-state index in [0.29, 0.717) is 0 Å². The maximum atomic E-state index is 6.02. The van der Waals surface area contributed by atoms with E-state index in [9.17, 15) is 0 Å². The Kier molecular flexibility index (Phi) is 3.76. The topological polar surface area (TPSA) is 34.1 Å². The number of hydrogen-bond acceptors (Lipinski definition) is 4. The lowest BCUT2D eigenvalue weighted by atomic mass is 10.0. The van der Waals surface area contributed by atoms with Crippen LogP contribution in [0.3, 0.4) is 0 Å². The van der Waals surface area contributed by atoms with E-state index in [0.717, 1.165) is 33.7 Å². The highest BCUT2D eigenvalue weighted by Gasteiger charge is 2.18. The van der Waals surface area contributed by atoms with Gasteiger partial charge in [-0.15, -0.1) is 0 Å². The van der Waals surface area contributed by atoms with Crippen molar-refractivity contribution in [2.45, 2.75) is 16.5 Å². The third kappa shape index (κ3) is 2.78. The number of anilines is 1. The quantitative estimate of drug-likeness (QED) is 0.423. The van der Waals surface area contributed by atoms with Crippen LogP contribution in [-0.2, 0) is 6.54 Å². The molecule has 0 aliphatic carbocycles. The second kappa shape index (κ2) is 6.39. The van der Waals surface area contributed by atoms with Gasteiger partial charge in [-0.25, -0.2) is 4.98 Å². The number of aromatic nitrogens is 1. The smallest absolute Gasteiger partial charge is 0.160 e. The molecule has 3 nitrogen and oxygen atoms in total. The summed E-state index contributed by atoms with van der Waals surface area (Å²) in [6.07, 6.45) is 1.79. The molecule has 1 aliphatic heterocycles. The van der Waals surface area contributed by atoms with Crippen LogP contribution in [0.2, 0.25) is 0 Å². The average Bonchev–Trinajstić information content (AvgIpc) is 2.70. The van der Waals surface area contributed by atoms with E-state index in [4.69, 9.17) is 4.74 Å². The predicted octanol–water partition coefficient (Wildman–Crippen LogP) is 6.10. The first-order valence-electron chi connectivity index (χ1n) is 8.52. The van der Waals surface area contributed by atoms with Crippen LogP contribution in [0.4, 0.5) is 5.69 Å². The maximum Gasteiger partial charge on any atom is 0.160 e. The molecule has 126 valence electrons. The minimum absolute atomic E-state index is 0.769. The predicted molar refractivity (Wildman–Crippen MR) is 106 cm³/mol. The van der Waals surface area contributed by atoms with Crippen molar-refractivity contribution in [3.8, 4) is 11.5 Å². The van der Waals surface area contributed by atoms with E-state index in [1.807, 2.05) is 12.1 Å². The van der Waals surface area contributed by atoms with E-state index in [-0.39, 0.29) is 0 Å². The molecule has 0 radical (unpaired) electrons. The normalized spacial score (nSPS) is 12.2. The van der Waals surface area contributed by atoms with Crippen LogP contribution in [0.15, 0.2) is 88.9 Å². The van der Waals surface area contributed by atoms with Crippen molar-refractivity contribution < 1.29 is 4.74 Å². The van der Waals surface area contributed by atoms with Crippen molar-refractivity contribution in [2.24, 2.45) is 0 Å². The van der Waals surface area contributed by atoms with Crippen LogP contribution in [0.1, 0.15) is 5.56 Å². The Balaban J connectivity index is 1.39. The van der Waals surface area contributed by atoms with Gasteiger partial charge in [0.15, 0.2) is 5.75 Å². The van der Waals surface area contributed by atoms with Gasteiger partial charge in [0, 0.05) is 24.5 Å². The molecule has 1 aliphatic rings. The van der Waals surface area contributed by atoms with Gasteiger partial charge in [0.25, 0.3) is 0 Å². The van der Waals surface area contributed by atoms with Crippen LogP contribution in [0, 0.1) is 0 Å². The van der Waals surface area contributed by atoms with Crippen molar-refractivity contribution in [1.82, 2.24) is 4.98 Å². The van der Waals surface area contributed by atoms with Crippen LogP contribution >= 0.6 is 11.8 Å². The molecular formula is C22H16N2OS. The van der Waals surface area contributed by atoms with Crippen molar-refractivity contribution >= 4 is 28.2 Å². The monoisotopic (exact) mass is 356 g/mol. The minimum Gasteiger partial charge on any atom is -0.453 e. The first-order valence-corrected chi connectivity index (χ1v) is 9.34. The number of ether oxygens (including phenoxy) is 1. The first kappa shape index (κ1) is 15.3. The van der Waals surface area contributed by atoms with Gasteiger partial charge in [-0.3, -0.25) is 0 Å². The van der Waals surface area contributed by atoms with E-state index in [1.54, 1.807) is 18.0 Å². The van der Waals surface area contributed by atoms with Crippen molar-refractivity contribution in [3.63, 3.8) is 0 Å². The minimum atomic E-state index is 0.769. The summed E-state index contributed by atoms with van der Waals surface area (Å²) in [6.45, 7) is 0.769. The average molecular weight is 356 g/mol. The number of benzene rings is 3. The Hall–Kier alpha value is -2.98. The molecule has 0 unspecified atom stereocenters.